The van der Waals surface area contributed by atoms with Gasteiger partial charge in [0.05, 0.1) is 24.6 Å². The number of rotatable bonds is 8. The zero-order valence-corrected chi connectivity index (χ0v) is 18.8. The van der Waals surface area contributed by atoms with Crippen LogP contribution in [-0.2, 0) is 17.7 Å². The highest BCUT2D eigenvalue weighted by Gasteiger charge is 2.17. The number of aryl methyl sites for hydroxylation is 1. The van der Waals surface area contributed by atoms with Gasteiger partial charge in [-0.15, -0.1) is 0 Å². The molecular weight excluding hydrogens is 435 g/mol. The van der Waals surface area contributed by atoms with Crippen LogP contribution in [0.3, 0.4) is 0 Å². The summed E-state index contributed by atoms with van der Waals surface area (Å²) in [6.07, 6.45) is 1.06. The topological polar surface area (TPSA) is 109 Å². The molecule has 0 spiro atoms. The van der Waals surface area contributed by atoms with Crippen LogP contribution < -0.4 is 11.1 Å². The van der Waals surface area contributed by atoms with Gasteiger partial charge in [0.25, 0.3) is 5.91 Å². The largest absolute Gasteiger partial charge is 0.382 e. The SMILES string of the molecule is N#Cc1c(CCCNC(=O)c2cccc(CN3CCOCC3)c2)nn(-c2ccc(F)cc2)c1N. The van der Waals surface area contributed by atoms with Crippen molar-refractivity contribution in [2.45, 2.75) is 19.4 Å². The Bertz CT molecular complexity index is 1180. The summed E-state index contributed by atoms with van der Waals surface area (Å²) in [7, 11) is 0. The Labute approximate surface area is 197 Å². The van der Waals surface area contributed by atoms with Crippen LogP contribution in [0.1, 0.15) is 33.6 Å². The Morgan fingerprint density at radius 1 is 1.21 bits per heavy atom. The number of nitrogen functional groups attached to an aromatic ring is 1. The molecule has 176 valence electrons. The fourth-order valence-electron chi connectivity index (χ4n) is 3.94. The zero-order valence-electron chi connectivity index (χ0n) is 18.8. The van der Waals surface area contributed by atoms with E-state index >= 15 is 0 Å². The number of carbonyl (C=O) groups excluding carboxylic acids is 1. The second-order valence-corrected chi connectivity index (χ2v) is 8.16. The molecular formula is C25H27FN6O2. The smallest absolute Gasteiger partial charge is 0.251 e. The number of anilines is 1. The number of nitrogens with two attached hydrogens (primary N) is 1. The van der Waals surface area contributed by atoms with Crippen molar-refractivity contribution in [3.8, 4) is 11.8 Å². The molecule has 0 bridgehead atoms. The summed E-state index contributed by atoms with van der Waals surface area (Å²) in [4.78, 5) is 14.9. The number of ether oxygens (including phenoxy) is 1. The van der Waals surface area contributed by atoms with Crippen molar-refractivity contribution in [2.75, 3.05) is 38.6 Å². The number of amides is 1. The lowest BCUT2D eigenvalue weighted by Crippen LogP contribution is -2.35. The number of aromatic nitrogens is 2. The lowest BCUT2D eigenvalue weighted by atomic mass is 10.1. The molecule has 3 aromatic rings. The number of nitrogens with one attached hydrogen (secondary N) is 1. The van der Waals surface area contributed by atoms with E-state index in [1.807, 2.05) is 18.2 Å². The molecule has 9 heteroatoms. The van der Waals surface area contributed by atoms with Crippen molar-refractivity contribution in [3.63, 3.8) is 0 Å². The molecule has 2 aromatic carbocycles. The average Bonchev–Trinajstić information content (AvgIpc) is 3.18. The maximum atomic E-state index is 13.2. The zero-order chi connectivity index (χ0) is 23.9. The first-order valence-electron chi connectivity index (χ1n) is 11.3. The summed E-state index contributed by atoms with van der Waals surface area (Å²) < 4.78 is 20.0. The predicted octanol–water partition coefficient (Wildman–Crippen LogP) is 2.66. The molecule has 34 heavy (non-hydrogen) atoms. The normalized spacial score (nSPS) is 14.0. The van der Waals surface area contributed by atoms with Gasteiger partial charge in [-0.3, -0.25) is 9.69 Å². The van der Waals surface area contributed by atoms with E-state index in [1.165, 1.54) is 16.8 Å². The average molecular weight is 463 g/mol. The van der Waals surface area contributed by atoms with Gasteiger partial charge < -0.3 is 15.8 Å². The van der Waals surface area contributed by atoms with Crippen molar-refractivity contribution >= 4 is 11.7 Å². The molecule has 8 nitrogen and oxygen atoms in total. The Kier molecular flexibility index (Phi) is 7.52. The van der Waals surface area contributed by atoms with E-state index in [0.29, 0.717) is 41.9 Å². The van der Waals surface area contributed by atoms with Gasteiger partial charge in [-0.2, -0.15) is 10.4 Å². The maximum Gasteiger partial charge on any atom is 0.251 e. The Morgan fingerprint density at radius 2 is 1.97 bits per heavy atom. The second-order valence-electron chi connectivity index (χ2n) is 8.16. The van der Waals surface area contributed by atoms with E-state index in [9.17, 15) is 14.4 Å². The Hall–Kier alpha value is -3.74. The summed E-state index contributed by atoms with van der Waals surface area (Å²) in [5.41, 5.74) is 9.23. The van der Waals surface area contributed by atoms with Crippen LogP contribution in [0.2, 0.25) is 0 Å². The van der Waals surface area contributed by atoms with Crippen LogP contribution in [0.15, 0.2) is 48.5 Å². The van der Waals surface area contributed by atoms with Crippen molar-refractivity contribution in [1.29, 1.82) is 5.26 Å². The van der Waals surface area contributed by atoms with Gasteiger partial charge in [0.1, 0.15) is 23.3 Å². The van der Waals surface area contributed by atoms with E-state index in [0.717, 1.165) is 38.4 Å². The van der Waals surface area contributed by atoms with Gasteiger partial charge in [0, 0.05) is 31.7 Å². The first-order chi connectivity index (χ1) is 16.5. The minimum absolute atomic E-state index is 0.138. The summed E-state index contributed by atoms with van der Waals surface area (Å²) in [6, 6.07) is 15.5. The maximum absolute atomic E-state index is 13.2. The number of morpholine rings is 1. The molecule has 0 atom stereocenters. The highest BCUT2D eigenvalue weighted by atomic mass is 19.1. The molecule has 1 aromatic heterocycles. The molecule has 3 N–H and O–H groups in total. The molecule has 0 radical (unpaired) electrons. The predicted molar refractivity (Wildman–Crippen MR) is 126 cm³/mol. The van der Waals surface area contributed by atoms with E-state index in [-0.39, 0.29) is 17.5 Å². The third kappa shape index (κ3) is 5.60. The van der Waals surface area contributed by atoms with E-state index < -0.39 is 0 Å². The van der Waals surface area contributed by atoms with Crippen molar-refractivity contribution < 1.29 is 13.9 Å². The fourth-order valence-corrected chi connectivity index (χ4v) is 3.94. The molecule has 2 heterocycles. The van der Waals surface area contributed by atoms with Crippen LogP contribution in [-0.4, -0.2) is 53.4 Å². The van der Waals surface area contributed by atoms with Crippen LogP contribution in [0, 0.1) is 17.1 Å². The number of nitrogens with zero attached hydrogens (tertiary/aromatic N) is 4. The Morgan fingerprint density at radius 3 is 2.71 bits per heavy atom. The third-order valence-electron chi connectivity index (χ3n) is 5.75. The monoisotopic (exact) mass is 462 g/mol. The van der Waals surface area contributed by atoms with E-state index in [1.54, 1.807) is 18.2 Å². The first-order valence-corrected chi connectivity index (χ1v) is 11.3. The first kappa shape index (κ1) is 23.4. The molecule has 0 unspecified atom stereocenters. The summed E-state index contributed by atoms with van der Waals surface area (Å²) in [5, 5.41) is 16.9. The fraction of sp³-hybridized carbons (Fsp3) is 0.320. The van der Waals surface area contributed by atoms with Crippen molar-refractivity contribution in [2.24, 2.45) is 0 Å². The van der Waals surface area contributed by atoms with E-state index in [4.69, 9.17) is 10.5 Å². The molecule has 0 saturated carbocycles. The second kappa shape index (κ2) is 10.9. The van der Waals surface area contributed by atoms with Gasteiger partial charge in [0.15, 0.2) is 0 Å². The molecule has 1 aliphatic heterocycles. The number of hydrogen-bond acceptors (Lipinski definition) is 6. The van der Waals surface area contributed by atoms with Crippen molar-refractivity contribution in [1.82, 2.24) is 20.0 Å². The number of nitriles is 1. The molecule has 1 saturated heterocycles. The van der Waals surface area contributed by atoms with Crippen LogP contribution in [0.4, 0.5) is 10.2 Å². The van der Waals surface area contributed by atoms with Gasteiger partial charge >= 0.3 is 0 Å². The number of hydrogen-bond donors (Lipinski definition) is 2. The number of benzene rings is 2. The number of carbonyl (C=O) groups is 1. The van der Waals surface area contributed by atoms with Gasteiger partial charge in [-0.05, 0) is 54.8 Å². The van der Waals surface area contributed by atoms with Gasteiger partial charge in [-0.1, -0.05) is 12.1 Å². The highest BCUT2D eigenvalue weighted by molar-refractivity contribution is 5.94. The summed E-state index contributed by atoms with van der Waals surface area (Å²) >= 11 is 0. The molecule has 1 amide bonds. The van der Waals surface area contributed by atoms with Crippen LogP contribution in [0.25, 0.3) is 5.69 Å². The molecule has 1 aliphatic rings. The molecule has 4 rings (SSSR count). The minimum atomic E-state index is -0.363. The third-order valence-corrected chi connectivity index (χ3v) is 5.75. The molecule has 0 aliphatic carbocycles. The van der Waals surface area contributed by atoms with E-state index in [2.05, 4.69) is 21.4 Å². The minimum Gasteiger partial charge on any atom is -0.382 e. The summed E-state index contributed by atoms with van der Waals surface area (Å²) in [5.74, 6) is -0.288. The number of halogens is 1. The standard InChI is InChI=1S/C25H27FN6O2/c26-20-6-8-21(9-7-20)32-24(28)22(16-27)23(30-32)5-2-10-29-25(33)19-4-1-3-18(15-19)17-31-11-13-34-14-12-31/h1,3-4,6-9,15H,2,5,10-14,17,28H2,(H,29,33). The lowest BCUT2D eigenvalue weighted by Gasteiger charge is -2.26. The quantitative estimate of drug-likeness (QED) is 0.498. The van der Waals surface area contributed by atoms with Crippen LogP contribution in [0.5, 0.6) is 0 Å². The van der Waals surface area contributed by atoms with Gasteiger partial charge in [0.2, 0.25) is 0 Å². The van der Waals surface area contributed by atoms with Crippen molar-refractivity contribution in [3.05, 3.63) is 76.7 Å². The summed E-state index contributed by atoms with van der Waals surface area (Å²) in [6.45, 7) is 4.48. The van der Waals surface area contributed by atoms with Gasteiger partial charge in [-0.25, -0.2) is 9.07 Å². The lowest BCUT2D eigenvalue weighted by molar-refractivity contribution is 0.0342. The Balaban J connectivity index is 1.32. The molecule has 1 fully saturated rings. The van der Waals surface area contributed by atoms with Crippen LogP contribution >= 0.6 is 0 Å². The highest BCUT2D eigenvalue weighted by Crippen LogP contribution is 2.21.